The van der Waals surface area contributed by atoms with Gasteiger partial charge in [-0.25, -0.2) is 9.67 Å². The van der Waals surface area contributed by atoms with Crippen molar-refractivity contribution in [1.29, 1.82) is 0 Å². The highest BCUT2D eigenvalue weighted by Gasteiger charge is 2.16. The molecule has 3 N–H and O–H groups in total. The van der Waals surface area contributed by atoms with E-state index in [1.165, 1.54) is 17.3 Å². The van der Waals surface area contributed by atoms with Crippen molar-refractivity contribution in [2.45, 2.75) is 19.9 Å². The van der Waals surface area contributed by atoms with Crippen LogP contribution in [-0.2, 0) is 4.79 Å². The maximum absolute atomic E-state index is 12.2. The SMILES string of the molecule is Cc1cc(C#CCN)ccc1NC(=O)C(C)n1cncn1. The van der Waals surface area contributed by atoms with Gasteiger partial charge in [-0.05, 0) is 37.6 Å². The number of hydrogen-bond acceptors (Lipinski definition) is 4. The van der Waals surface area contributed by atoms with Crippen LogP contribution >= 0.6 is 0 Å². The van der Waals surface area contributed by atoms with Crippen molar-refractivity contribution in [1.82, 2.24) is 14.8 Å². The molecule has 0 saturated heterocycles. The number of carbonyl (C=O) groups is 1. The lowest BCUT2D eigenvalue weighted by Crippen LogP contribution is -2.24. The molecule has 1 heterocycles. The summed E-state index contributed by atoms with van der Waals surface area (Å²) < 4.78 is 1.51. The first-order chi connectivity index (χ1) is 10.1. The van der Waals surface area contributed by atoms with Crippen molar-refractivity contribution >= 4 is 11.6 Å². The predicted octanol–water partition coefficient (Wildman–Crippen LogP) is 1.10. The number of nitrogens with one attached hydrogen (secondary N) is 1. The van der Waals surface area contributed by atoms with Gasteiger partial charge < -0.3 is 11.1 Å². The van der Waals surface area contributed by atoms with E-state index in [2.05, 4.69) is 27.2 Å². The average molecular weight is 283 g/mol. The van der Waals surface area contributed by atoms with Gasteiger partial charge >= 0.3 is 0 Å². The van der Waals surface area contributed by atoms with Crippen molar-refractivity contribution in [3.05, 3.63) is 42.0 Å². The number of anilines is 1. The molecule has 108 valence electrons. The maximum Gasteiger partial charge on any atom is 0.249 e. The van der Waals surface area contributed by atoms with Crippen LogP contribution in [0, 0.1) is 18.8 Å². The summed E-state index contributed by atoms with van der Waals surface area (Å²) in [6, 6.07) is 5.18. The Kier molecular flexibility index (Phi) is 4.69. The summed E-state index contributed by atoms with van der Waals surface area (Å²) in [6.07, 6.45) is 2.92. The van der Waals surface area contributed by atoms with Crippen LogP contribution < -0.4 is 11.1 Å². The Bertz CT molecular complexity index is 682. The molecule has 1 aromatic carbocycles. The molecule has 1 atom stereocenters. The third-order valence-corrected chi connectivity index (χ3v) is 3.03. The highest BCUT2D eigenvalue weighted by molar-refractivity contribution is 5.94. The van der Waals surface area contributed by atoms with E-state index in [-0.39, 0.29) is 5.91 Å². The van der Waals surface area contributed by atoms with E-state index in [9.17, 15) is 4.79 Å². The number of amides is 1. The Balaban J connectivity index is 2.11. The van der Waals surface area contributed by atoms with Crippen LogP contribution in [0.2, 0.25) is 0 Å². The summed E-state index contributed by atoms with van der Waals surface area (Å²) in [6.45, 7) is 4.01. The fraction of sp³-hybridized carbons (Fsp3) is 0.267. The highest BCUT2D eigenvalue weighted by Crippen LogP contribution is 2.17. The molecule has 0 aliphatic rings. The van der Waals surface area contributed by atoms with Crippen LogP contribution in [-0.4, -0.2) is 27.2 Å². The molecule has 0 aliphatic heterocycles. The first-order valence-corrected chi connectivity index (χ1v) is 6.56. The van der Waals surface area contributed by atoms with Crippen molar-refractivity contribution in [3.8, 4) is 11.8 Å². The zero-order chi connectivity index (χ0) is 15.2. The van der Waals surface area contributed by atoms with Gasteiger partial charge in [0.05, 0.1) is 6.54 Å². The third kappa shape index (κ3) is 3.68. The molecular formula is C15H17N5O. The minimum absolute atomic E-state index is 0.149. The molecule has 6 nitrogen and oxygen atoms in total. The molecule has 21 heavy (non-hydrogen) atoms. The second-order valence-electron chi connectivity index (χ2n) is 4.58. The number of hydrogen-bond donors (Lipinski definition) is 2. The number of nitrogens with zero attached hydrogens (tertiary/aromatic N) is 3. The van der Waals surface area contributed by atoms with E-state index in [0.717, 1.165) is 16.8 Å². The van der Waals surface area contributed by atoms with E-state index < -0.39 is 6.04 Å². The topological polar surface area (TPSA) is 85.8 Å². The lowest BCUT2D eigenvalue weighted by molar-refractivity contribution is -0.119. The summed E-state index contributed by atoms with van der Waals surface area (Å²) in [5, 5.41) is 6.84. The predicted molar refractivity (Wildman–Crippen MR) is 80.5 cm³/mol. The van der Waals surface area contributed by atoms with E-state index in [4.69, 9.17) is 5.73 Å². The Morgan fingerprint density at radius 3 is 2.95 bits per heavy atom. The number of carbonyl (C=O) groups excluding carboxylic acids is 1. The third-order valence-electron chi connectivity index (χ3n) is 3.03. The first-order valence-electron chi connectivity index (χ1n) is 6.56. The van der Waals surface area contributed by atoms with Gasteiger partial charge in [0, 0.05) is 11.3 Å². The minimum Gasteiger partial charge on any atom is -0.324 e. The molecule has 0 bridgehead atoms. The van der Waals surface area contributed by atoms with Crippen LogP contribution in [0.25, 0.3) is 0 Å². The second-order valence-corrected chi connectivity index (χ2v) is 4.58. The van der Waals surface area contributed by atoms with Crippen LogP contribution in [0.5, 0.6) is 0 Å². The lowest BCUT2D eigenvalue weighted by atomic mass is 10.1. The largest absolute Gasteiger partial charge is 0.324 e. The molecule has 1 unspecified atom stereocenters. The minimum atomic E-state index is -0.427. The lowest BCUT2D eigenvalue weighted by Gasteiger charge is -2.13. The highest BCUT2D eigenvalue weighted by atomic mass is 16.2. The van der Waals surface area contributed by atoms with Crippen molar-refractivity contribution in [3.63, 3.8) is 0 Å². The van der Waals surface area contributed by atoms with Crippen LogP contribution in [0.1, 0.15) is 24.1 Å². The average Bonchev–Trinajstić information content (AvgIpc) is 3.01. The van der Waals surface area contributed by atoms with Gasteiger partial charge in [0.25, 0.3) is 0 Å². The Morgan fingerprint density at radius 1 is 1.52 bits per heavy atom. The molecule has 0 radical (unpaired) electrons. The Hall–Kier alpha value is -2.65. The summed E-state index contributed by atoms with van der Waals surface area (Å²) in [5.41, 5.74) is 7.92. The molecule has 0 aliphatic carbocycles. The number of nitrogens with two attached hydrogens (primary N) is 1. The molecule has 0 spiro atoms. The molecule has 6 heteroatoms. The molecule has 2 aromatic rings. The fourth-order valence-electron chi connectivity index (χ4n) is 1.81. The smallest absolute Gasteiger partial charge is 0.249 e. The van der Waals surface area contributed by atoms with E-state index in [0.29, 0.717) is 6.54 Å². The summed E-state index contributed by atoms with van der Waals surface area (Å²) in [4.78, 5) is 16.0. The maximum atomic E-state index is 12.2. The standard InChI is InChI=1S/C15H17N5O/c1-11-8-13(4-3-7-16)5-6-14(11)19-15(21)12(2)20-10-17-9-18-20/h5-6,8-10,12H,7,16H2,1-2H3,(H,19,21). The summed E-state index contributed by atoms with van der Waals surface area (Å²) in [7, 11) is 0. The van der Waals surface area contributed by atoms with Gasteiger partial charge in [0.1, 0.15) is 18.7 Å². The van der Waals surface area contributed by atoms with E-state index in [1.54, 1.807) is 6.92 Å². The first kappa shape index (κ1) is 14.8. The van der Waals surface area contributed by atoms with Crippen molar-refractivity contribution in [2.24, 2.45) is 5.73 Å². The van der Waals surface area contributed by atoms with Crippen molar-refractivity contribution in [2.75, 3.05) is 11.9 Å². The number of benzene rings is 1. The number of aryl methyl sites for hydroxylation is 1. The van der Waals surface area contributed by atoms with Gasteiger partial charge in [-0.1, -0.05) is 11.8 Å². The normalized spacial score (nSPS) is 11.4. The Labute approximate surface area is 123 Å². The van der Waals surface area contributed by atoms with E-state index in [1.807, 2.05) is 25.1 Å². The van der Waals surface area contributed by atoms with Crippen LogP contribution in [0.3, 0.4) is 0 Å². The zero-order valence-electron chi connectivity index (χ0n) is 12.0. The summed E-state index contributed by atoms with van der Waals surface area (Å²) in [5.74, 6) is 5.61. The van der Waals surface area contributed by atoms with E-state index >= 15 is 0 Å². The quantitative estimate of drug-likeness (QED) is 0.826. The van der Waals surface area contributed by atoms with Crippen LogP contribution in [0.4, 0.5) is 5.69 Å². The van der Waals surface area contributed by atoms with Gasteiger partial charge in [-0.3, -0.25) is 4.79 Å². The number of rotatable bonds is 3. The van der Waals surface area contributed by atoms with Crippen molar-refractivity contribution < 1.29 is 4.79 Å². The number of aromatic nitrogens is 3. The fourth-order valence-corrected chi connectivity index (χ4v) is 1.81. The molecule has 0 fully saturated rings. The molecular weight excluding hydrogens is 266 g/mol. The monoisotopic (exact) mass is 283 g/mol. The van der Waals surface area contributed by atoms with Gasteiger partial charge in [-0.2, -0.15) is 5.10 Å². The second kappa shape index (κ2) is 6.68. The molecule has 1 amide bonds. The Morgan fingerprint density at radius 2 is 2.33 bits per heavy atom. The summed E-state index contributed by atoms with van der Waals surface area (Å²) >= 11 is 0. The molecule has 0 saturated carbocycles. The molecule has 2 rings (SSSR count). The zero-order valence-corrected chi connectivity index (χ0v) is 12.0. The van der Waals surface area contributed by atoms with Gasteiger partial charge in [0.15, 0.2) is 0 Å². The van der Waals surface area contributed by atoms with Crippen LogP contribution in [0.15, 0.2) is 30.9 Å². The van der Waals surface area contributed by atoms with Gasteiger partial charge in [-0.15, -0.1) is 0 Å². The molecule has 1 aromatic heterocycles. The van der Waals surface area contributed by atoms with Gasteiger partial charge in [0.2, 0.25) is 5.91 Å².